The Morgan fingerprint density at radius 1 is 1.15 bits per heavy atom. The fraction of sp³-hybridized carbons (Fsp3) is 0.950. The molecule has 0 aromatic rings. The smallest absolute Gasteiger partial charge is 0.193 e. The zero-order valence-corrected chi connectivity index (χ0v) is 16.7. The van der Waals surface area contributed by atoms with Crippen LogP contribution in [0.4, 0.5) is 0 Å². The molecule has 2 unspecified atom stereocenters. The van der Waals surface area contributed by atoms with E-state index in [2.05, 4.69) is 22.1 Å². The summed E-state index contributed by atoms with van der Waals surface area (Å²) in [6.45, 7) is 7.22. The molecular weight excluding hydrogens is 330 g/mol. The Labute approximate surface area is 158 Å². The largest absolute Gasteiger partial charge is 0.375 e. The summed E-state index contributed by atoms with van der Waals surface area (Å²) in [6, 6.07) is 0. The van der Waals surface area contributed by atoms with Crippen LogP contribution in [0.25, 0.3) is 0 Å². The number of nitrogens with zero attached hydrogens (tertiary/aromatic N) is 2. The van der Waals surface area contributed by atoms with E-state index >= 15 is 0 Å². The van der Waals surface area contributed by atoms with Gasteiger partial charge in [-0.1, -0.05) is 26.2 Å². The molecule has 3 fully saturated rings. The molecule has 2 atom stereocenters. The van der Waals surface area contributed by atoms with Gasteiger partial charge in [0.2, 0.25) is 0 Å². The van der Waals surface area contributed by atoms with Crippen LogP contribution in [-0.2, 0) is 14.2 Å². The topological polar surface area (TPSA) is 55.3 Å². The quantitative estimate of drug-likeness (QED) is 0.578. The predicted molar refractivity (Wildman–Crippen MR) is 104 cm³/mol. The van der Waals surface area contributed by atoms with Crippen LogP contribution in [0, 0.1) is 0 Å². The summed E-state index contributed by atoms with van der Waals surface area (Å²) in [5.74, 6) is 0.973. The second-order valence-corrected chi connectivity index (χ2v) is 7.90. The van der Waals surface area contributed by atoms with Gasteiger partial charge in [-0.2, -0.15) is 0 Å². The summed E-state index contributed by atoms with van der Waals surface area (Å²) >= 11 is 0. The molecule has 0 aromatic heterocycles. The second-order valence-electron chi connectivity index (χ2n) is 7.90. The van der Waals surface area contributed by atoms with Gasteiger partial charge in [0.1, 0.15) is 6.10 Å². The average molecular weight is 368 g/mol. The molecule has 3 rings (SSSR count). The molecule has 2 saturated heterocycles. The Balaban J connectivity index is 1.55. The molecule has 6 nitrogen and oxygen atoms in total. The minimum Gasteiger partial charge on any atom is -0.375 e. The number of hydrogen-bond donors (Lipinski definition) is 1. The molecule has 0 bridgehead atoms. The Morgan fingerprint density at radius 2 is 1.96 bits per heavy atom. The summed E-state index contributed by atoms with van der Waals surface area (Å²) in [7, 11) is 1.87. The maximum Gasteiger partial charge on any atom is 0.193 e. The summed E-state index contributed by atoms with van der Waals surface area (Å²) in [6.07, 6.45) is 9.90. The minimum absolute atomic E-state index is 0.0234. The summed E-state index contributed by atoms with van der Waals surface area (Å²) in [5.41, 5.74) is -0.0234. The number of morpholine rings is 1. The van der Waals surface area contributed by atoms with Crippen molar-refractivity contribution in [2.75, 3.05) is 46.5 Å². The molecule has 1 N–H and O–H groups in total. The van der Waals surface area contributed by atoms with Gasteiger partial charge in [-0.25, -0.2) is 0 Å². The third-order valence-corrected chi connectivity index (χ3v) is 5.93. The van der Waals surface area contributed by atoms with Crippen molar-refractivity contribution in [3.8, 4) is 0 Å². The lowest BCUT2D eigenvalue weighted by atomic mass is 9.84. The predicted octanol–water partition coefficient (Wildman–Crippen LogP) is 2.57. The van der Waals surface area contributed by atoms with Gasteiger partial charge >= 0.3 is 0 Å². The molecule has 26 heavy (non-hydrogen) atoms. The number of hydrogen-bond acceptors (Lipinski definition) is 4. The van der Waals surface area contributed by atoms with Crippen molar-refractivity contribution >= 4 is 5.96 Å². The van der Waals surface area contributed by atoms with E-state index in [0.29, 0.717) is 0 Å². The van der Waals surface area contributed by atoms with Crippen molar-refractivity contribution in [3.63, 3.8) is 0 Å². The second kappa shape index (κ2) is 9.90. The Bertz CT molecular complexity index is 446. The van der Waals surface area contributed by atoms with Crippen LogP contribution in [0.2, 0.25) is 0 Å². The highest BCUT2D eigenvalue weighted by Gasteiger charge is 2.35. The maximum atomic E-state index is 6.32. The van der Waals surface area contributed by atoms with E-state index in [0.717, 1.165) is 77.5 Å². The van der Waals surface area contributed by atoms with Crippen LogP contribution in [0.3, 0.4) is 0 Å². The first-order chi connectivity index (χ1) is 12.8. The van der Waals surface area contributed by atoms with Crippen molar-refractivity contribution in [1.82, 2.24) is 10.2 Å². The highest BCUT2D eigenvalue weighted by molar-refractivity contribution is 5.80. The van der Waals surface area contributed by atoms with Crippen LogP contribution >= 0.6 is 0 Å². The SMILES string of the molecule is CCCOC1(CNC(=NC)N2CCOC(C3CCCO3)C2)CCCCC1. The lowest BCUT2D eigenvalue weighted by Gasteiger charge is -2.40. The Morgan fingerprint density at radius 3 is 2.65 bits per heavy atom. The molecule has 6 heteroatoms. The van der Waals surface area contributed by atoms with Crippen LogP contribution in [0.1, 0.15) is 58.3 Å². The summed E-state index contributed by atoms with van der Waals surface area (Å²) in [4.78, 5) is 6.87. The molecule has 1 aliphatic carbocycles. The van der Waals surface area contributed by atoms with Crippen molar-refractivity contribution in [2.45, 2.75) is 76.1 Å². The van der Waals surface area contributed by atoms with E-state index in [1.807, 2.05) is 7.05 Å². The van der Waals surface area contributed by atoms with Crippen LogP contribution in [0.5, 0.6) is 0 Å². The van der Waals surface area contributed by atoms with Gasteiger partial charge in [-0.15, -0.1) is 0 Å². The van der Waals surface area contributed by atoms with E-state index in [9.17, 15) is 0 Å². The number of guanidine groups is 1. The monoisotopic (exact) mass is 367 g/mol. The highest BCUT2D eigenvalue weighted by Crippen LogP contribution is 2.31. The lowest BCUT2D eigenvalue weighted by Crippen LogP contribution is -2.56. The first kappa shape index (κ1) is 19.9. The summed E-state index contributed by atoms with van der Waals surface area (Å²) < 4.78 is 18.1. The zero-order valence-electron chi connectivity index (χ0n) is 16.7. The number of ether oxygens (including phenoxy) is 3. The Hall–Kier alpha value is -0.850. The number of nitrogens with one attached hydrogen (secondary N) is 1. The minimum atomic E-state index is -0.0234. The van der Waals surface area contributed by atoms with Gasteiger partial charge in [0.25, 0.3) is 0 Å². The van der Waals surface area contributed by atoms with E-state index in [1.165, 1.54) is 19.3 Å². The molecule has 2 heterocycles. The van der Waals surface area contributed by atoms with E-state index in [-0.39, 0.29) is 17.8 Å². The lowest BCUT2D eigenvalue weighted by molar-refractivity contribution is -0.0830. The fourth-order valence-corrected chi connectivity index (χ4v) is 4.45. The molecule has 3 aliphatic rings. The van der Waals surface area contributed by atoms with E-state index < -0.39 is 0 Å². The van der Waals surface area contributed by atoms with Crippen molar-refractivity contribution in [1.29, 1.82) is 0 Å². The van der Waals surface area contributed by atoms with Crippen LogP contribution in [-0.4, -0.2) is 75.2 Å². The highest BCUT2D eigenvalue weighted by atomic mass is 16.5. The molecule has 0 spiro atoms. The van der Waals surface area contributed by atoms with Crippen molar-refractivity contribution < 1.29 is 14.2 Å². The standard InChI is InChI=1S/C20H37N3O3/c1-3-12-26-20(9-5-4-6-10-20)16-22-19(21-2)23-11-14-25-18(15-23)17-8-7-13-24-17/h17-18H,3-16H2,1-2H3,(H,21,22). The number of rotatable bonds is 6. The third kappa shape index (κ3) is 5.11. The first-order valence-electron chi connectivity index (χ1n) is 10.6. The zero-order chi connectivity index (χ0) is 18.2. The maximum absolute atomic E-state index is 6.32. The van der Waals surface area contributed by atoms with Gasteiger partial charge in [-0.3, -0.25) is 4.99 Å². The van der Waals surface area contributed by atoms with E-state index in [4.69, 9.17) is 14.2 Å². The molecule has 0 radical (unpaired) electrons. The van der Waals surface area contributed by atoms with Crippen LogP contribution in [0.15, 0.2) is 4.99 Å². The Kier molecular flexibility index (Phi) is 7.58. The van der Waals surface area contributed by atoms with Crippen molar-refractivity contribution in [2.24, 2.45) is 4.99 Å². The molecule has 2 aliphatic heterocycles. The van der Waals surface area contributed by atoms with Gasteiger partial charge in [0, 0.05) is 39.9 Å². The average Bonchev–Trinajstić information content (AvgIpc) is 3.23. The third-order valence-electron chi connectivity index (χ3n) is 5.93. The number of aliphatic imine (C=N–C) groups is 1. The summed E-state index contributed by atoms with van der Waals surface area (Å²) in [5, 5.41) is 3.62. The van der Waals surface area contributed by atoms with Gasteiger partial charge in [0.15, 0.2) is 5.96 Å². The normalized spacial score (nSPS) is 29.8. The van der Waals surface area contributed by atoms with Gasteiger partial charge in [0.05, 0.1) is 18.3 Å². The fourth-order valence-electron chi connectivity index (χ4n) is 4.45. The molecule has 0 amide bonds. The molecular formula is C20H37N3O3. The van der Waals surface area contributed by atoms with E-state index in [1.54, 1.807) is 0 Å². The first-order valence-corrected chi connectivity index (χ1v) is 10.6. The van der Waals surface area contributed by atoms with Crippen LogP contribution < -0.4 is 5.32 Å². The molecule has 0 aromatic carbocycles. The van der Waals surface area contributed by atoms with Gasteiger partial charge < -0.3 is 24.4 Å². The molecule has 150 valence electrons. The van der Waals surface area contributed by atoms with Gasteiger partial charge in [-0.05, 0) is 32.1 Å². The van der Waals surface area contributed by atoms with Crippen molar-refractivity contribution in [3.05, 3.63) is 0 Å². The molecule has 1 saturated carbocycles.